The summed E-state index contributed by atoms with van der Waals surface area (Å²) in [7, 11) is 0. The maximum absolute atomic E-state index is 13.9. The van der Waals surface area contributed by atoms with Crippen molar-refractivity contribution in [2.24, 2.45) is 11.8 Å². The Bertz CT molecular complexity index is 484. The first-order valence-electron chi connectivity index (χ1n) is 10.1. The van der Waals surface area contributed by atoms with Crippen LogP contribution in [0.15, 0.2) is 0 Å². The fourth-order valence-electron chi connectivity index (χ4n) is 4.27. The van der Waals surface area contributed by atoms with E-state index in [1.54, 1.807) is 0 Å². The molecule has 0 aromatic rings. The van der Waals surface area contributed by atoms with Crippen LogP contribution in [0.2, 0.25) is 0 Å². The van der Waals surface area contributed by atoms with Crippen LogP contribution in [0.1, 0.15) is 57.8 Å². The van der Waals surface area contributed by atoms with Gasteiger partial charge in [0, 0.05) is 0 Å². The van der Waals surface area contributed by atoms with Crippen LogP contribution in [-0.4, -0.2) is 49.7 Å². The molecule has 1 N–H and O–H groups in total. The molecule has 27 heavy (non-hydrogen) atoms. The minimum absolute atomic E-state index is 0.203. The van der Waals surface area contributed by atoms with E-state index in [4.69, 9.17) is 9.47 Å². The Kier molecular flexibility index (Phi) is 7.36. The average molecular weight is 395 g/mol. The van der Waals surface area contributed by atoms with Gasteiger partial charge in [-0.1, -0.05) is 19.3 Å². The third-order valence-corrected chi connectivity index (χ3v) is 6.03. The summed E-state index contributed by atoms with van der Waals surface area (Å²) < 4.78 is 64.8. The van der Waals surface area contributed by atoms with Crippen molar-refractivity contribution < 1.29 is 31.8 Å². The number of hydrogen-bond donors (Lipinski definition) is 1. The predicted octanol–water partition coefficient (Wildman–Crippen LogP) is 3.92. The van der Waals surface area contributed by atoms with Crippen molar-refractivity contribution in [3.8, 4) is 0 Å². The van der Waals surface area contributed by atoms with Gasteiger partial charge in [0.1, 0.15) is 6.23 Å². The molecule has 1 aliphatic heterocycles. The molecule has 1 saturated heterocycles. The first-order chi connectivity index (χ1) is 13.0. The van der Waals surface area contributed by atoms with Gasteiger partial charge >= 0.3 is 5.97 Å². The van der Waals surface area contributed by atoms with E-state index in [9.17, 15) is 22.4 Å². The summed E-state index contributed by atoms with van der Waals surface area (Å²) >= 11 is 0. The number of nitrogens with one attached hydrogen (secondary N) is 1. The van der Waals surface area contributed by atoms with E-state index in [0.717, 1.165) is 12.8 Å². The summed E-state index contributed by atoms with van der Waals surface area (Å²) in [6.45, 7) is 0.477. The van der Waals surface area contributed by atoms with Crippen molar-refractivity contribution in [2.75, 3.05) is 6.61 Å². The second-order valence-corrected chi connectivity index (χ2v) is 8.07. The summed E-state index contributed by atoms with van der Waals surface area (Å²) in [5.41, 5.74) is 0. The Hall–Kier alpha value is -0.890. The number of carbonyl (C=O) groups is 1. The lowest BCUT2D eigenvalue weighted by atomic mass is 9.87. The Labute approximate surface area is 157 Å². The molecule has 4 nitrogen and oxygen atoms in total. The molecule has 3 fully saturated rings. The van der Waals surface area contributed by atoms with Gasteiger partial charge in [0.25, 0.3) is 0 Å². The molecule has 0 amide bonds. The zero-order chi connectivity index (χ0) is 19.4. The van der Waals surface area contributed by atoms with E-state index in [0.29, 0.717) is 38.2 Å². The van der Waals surface area contributed by atoms with Crippen LogP contribution in [-0.2, 0) is 14.3 Å². The number of hydrogen-bond acceptors (Lipinski definition) is 4. The highest BCUT2D eigenvalue weighted by Gasteiger charge is 2.48. The summed E-state index contributed by atoms with van der Waals surface area (Å²) in [5, 5.41) is 2.01. The Balaban J connectivity index is 1.38. The molecular formula is C19H29F4NO3. The maximum Gasteiger partial charge on any atom is 0.308 e. The number of ether oxygens (including phenoxy) is 2. The number of halogens is 4. The summed E-state index contributed by atoms with van der Waals surface area (Å²) in [6, 6.07) is 0. The lowest BCUT2D eigenvalue weighted by molar-refractivity contribution is -0.162. The molecule has 156 valence electrons. The van der Waals surface area contributed by atoms with Crippen molar-refractivity contribution in [1.29, 1.82) is 0 Å². The number of piperidine rings is 1. The lowest BCUT2D eigenvalue weighted by Gasteiger charge is -2.37. The second-order valence-electron chi connectivity index (χ2n) is 8.07. The molecule has 0 spiro atoms. The zero-order valence-electron chi connectivity index (χ0n) is 15.4. The molecule has 0 aromatic heterocycles. The summed E-state index contributed by atoms with van der Waals surface area (Å²) in [4.78, 5) is 12.2. The molecule has 5 atom stereocenters. The third kappa shape index (κ3) is 5.34. The fourth-order valence-corrected chi connectivity index (χ4v) is 4.27. The molecule has 3 rings (SSSR count). The van der Waals surface area contributed by atoms with Gasteiger partial charge in [-0.3, -0.25) is 10.1 Å². The molecule has 3 aliphatic rings. The van der Waals surface area contributed by atoms with Crippen molar-refractivity contribution in [3.63, 3.8) is 0 Å². The Morgan fingerprint density at radius 2 is 1.52 bits per heavy atom. The van der Waals surface area contributed by atoms with Gasteiger partial charge in [0.05, 0.1) is 18.6 Å². The molecular weight excluding hydrogens is 366 g/mol. The molecule has 5 unspecified atom stereocenters. The number of esters is 1. The average Bonchev–Trinajstić information content (AvgIpc) is 2.70. The maximum atomic E-state index is 13.9. The van der Waals surface area contributed by atoms with Crippen LogP contribution in [0.25, 0.3) is 0 Å². The standard InChI is InChI=1S/C19H29F4NO3/c20-14-15(21)17(23)24-18(16(14)22)27-13-8-6-12(7-9-13)19(25)26-10-11-4-2-1-3-5-11/h11-18,24H,1-10H2. The quantitative estimate of drug-likeness (QED) is 0.435. The van der Waals surface area contributed by atoms with E-state index in [2.05, 4.69) is 0 Å². The van der Waals surface area contributed by atoms with Crippen molar-refractivity contribution in [1.82, 2.24) is 5.32 Å². The van der Waals surface area contributed by atoms with Crippen LogP contribution in [0.3, 0.4) is 0 Å². The van der Waals surface area contributed by atoms with Crippen LogP contribution in [0.5, 0.6) is 0 Å². The molecule has 0 radical (unpaired) electrons. The molecule has 8 heteroatoms. The van der Waals surface area contributed by atoms with E-state index in [1.165, 1.54) is 19.3 Å². The predicted molar refractivity (Wildman–Crippen MR) is 90.9 cm³/mol. The van der Waals surface area contributed by atoms with Gasteiger partial charge in [-0.15, -0.1) is 0 Å². The van der Waals surface area contributed by atoms with Crippen LogP contribution >= 0.6 is 0 Å². The highest BCUT2D eigenvalue weighted by Crippen LogP contribution is 2.32. The van der Waals surface area contributed by atoms with Crippen LogP contribution < -0.4 is 5.32 Å². The van der Waals surface area contributed by atoms with Crippen molar-refractivity contribution in [3.05, 3.63) is 0 Å². The molecule has 0 bridgehead atoms. The first-order valence-corrected chi connectivity index (χ1v) is 10.1. The van der Waals surface area contributed by atoms with Crippen molar-refractivity contribution in [2.45, 2.75) is 94.9 Å². The Morgan fingerprint density at radius 1 is 0.852 bits per heavy atom. The monoisotopic (exact) mass is 395 g/mol. The largest absolute Gasteiger partial charge is 0.465 e. The van der Waals surface area contributed by atoms with E-state index < -0.39 is 37.1 Å². The second kappa shape index (κ2) is 9.54. The smallest absolute Gasteiger partial charge is 0.308 e. The minimum atomic E-state index is -2.54. The van der Waals surface area contributed by atoms with Gasteiger partial charge in [-0.05, 0) is 44.4 Å². The third-order valence-electron chi connectivity index (χ3n) is 6.03. The molecule has 2 saturated carbocycles. The van der Waals surface area contributed by atoms with Crippen LogP contribution in [0, 0.1) is 11.8 Å². The number of rotatable bonds is 5. The van der Waals surface area contributed by atoms with E-state index in [-0.39, 0.29) is 11.9 Å². The SMILES string of the molecule is O=C(OCC1CCCCC1)C1CCC(OC2NC(F)C(F)C(F)C2F)CC1. The first kappa shape index (κ1) is 20.8. The van der Waals surface area contributed by atoms with Crippen LogP contribution in [0.4, 0.5) is 17.6 Å². The zero-order valence-corrected chi connectivity index (χ0v) is 15.4. The van der Waals surface area contributed by atoms with Gasteiger partial charge in [-0.25, -0.2) is 17.6 Å². The van der Waals surface area contributed by atoms with E-state index >= 15 is 0 Å². The molecule has 2 aliphatic carbocycles. The lowest BCUT2D eigenvalue weighted by Crippen LogP contribution is -2.60. The highest BCUT2D eigenvalue weighted by molar-refractivity contribution is 5.72. The Morgan fingerprint density at radius 3 is 2.19 bits per heavy atom. The topological polar surface area (TPSA) is 47.6 Å². The normalized spacial score (nSPS) is 41.3. The fraction of sp³-hybridized carbons (Fsp3) is 0.947. The van der Waals surface area contributed by atoms with Gasteiger partial charge in [-0.2, -0.15) is 0 Å². The van der Waals surface area contributed by atoms with E-state index in [1.807, 2.05) is 5.32 Å². The number of carbonyl (C=O) groups excluding carboxylic acids is 1. The highest BCUT2D eigenvalue weighted by atomic mass is 19.2. The van der Waals surface area contributed by atoms with Gasteiger partial charge in [0.15, 0.2) is 24.8 Å². The molecule has 1 heterocycles. The van der Waals surface area contributed by atoms with Gasteiger partial charge in [0.2, 0.25) is 0 Å². The van der Waals surface area contributed by atoms with Gasteiger partial charge < -0.3 is 9.47 Å². The summed E-state index contributed by atoms with van der Waals surface area (Å²) in [6.07, 6.45) is -3.69. The number of alkyl halides is 4. The molecule has 0 aromatic carbocycles. The van der Waals surface area contributed by atoms with Crippen molar-refractivity contribution >= 4 is 5.97 Å². The minimum Gasteiger partial charge on any atom is -0.465 e. The summed E-state index contributed by atoms with van der Waals surface area (Å²) in [5.74, 6) is 0.0426.